The lowest BCUT2D eigenvalue weighted by molar-refractivity contribution is 0.0957. The number of sulfonamides is 1. The van der Waals surface area contributed by atoms with Crippen molar-refractivity contribution < 1.29 is 21.6 Å². The summed E-state index contributed by atoms with van der Waals surface area (Å²) in [7, 11) is -7.14. The van der Waals surface area contributed by atoms with Crippen molar-refractivity contribution in [1.29, 1.82) is 0 Å². The Balaban J connectivity index is 2.13. The molecule has 26 heavy (non-hydrogen) atoms. The van der Waals surface area contributed by atoms with E-state index < -0.39 is 25.8 Å². The van der Waals surface area contributed by atoms with E-state index in [-0.39, 0.29) is 27.8 Å². The normalized spacial score (nSPS) is 11.9. The van der Waals surface area contributed by atoms with E-state index in [1.165, 1.54) is 18.4 Å². The number of thiophene rings is 1. The number of rotatable bonds is 8. The molecule has 0 saturated carbocycles. The van der Waals surface area contributed by atoms with Crippen molar-refractivity contribution in [3.05, 3.63) is 46.2 Å². The SMILES string of the molecule is CCS(=O)(=O)CCNC(=O)c1sccc1S(=O)(=O)Nc1ccc(C)cc1. The number of aryl methyl sites for hydroxylation is 1. The summed E-state index contributed by atoms with van der Waals surface area (Å²) >= 11 is 0.981. The van der Waals surface area contributed by atoms with Crippen molar-refractivity contribution >= 4 is 42.8 Å². The van der Waals surface area contributed by atoms with Gasteiger partial charge in [-0.25, -0.2) is 16.8 Å². The second-order valence-electron chi connectivity index (χ2n) is 5.58. The lowest BCUT2D eigenvalue weighted by Crippen LogP contribution is -2.30. The first-order valence-corrected chi connectivity index (χ1v) is 12.0. The zero-order chi connectivity index (χ0) is 19.4. The summed E-state index contributed by atoms with van der Waals surface area (Å²) in [5, 5.41) is 3.96. The standard InChI is InChI=1S/C16H20N2O5S3/c1-3-25(20,21)11-9-17-16(19)15-14(8-10-24-15)26(22,23)18-13-6-4-12(2)5-7-13/h4-8,10,18H,3,9,11H2,1-2H3,(H,17,19). The van der Waals surface area contributed by atoms with E-state index in [0.717, 1.165) is 16.9 Å². The first kappa shape index (κ1) is 20.4. The van der Waals surface area contributed by atoms with Crippen molar-refractivity contribution in [2.45, 2.75) is 18.7 Å². The van der Waals surface area contributed by atoms with Crippen LogP contribution in [0.5, 0.6) is 0 Å². The number of hydrogen-bond acceptors (Lipinski definition) is 6. The topological polar surface area (TPSA) is 109 Å². The maximum absolute atomic E-state index is 12.6. The Kier molecular flexibility index (Phi) is 6.43. The molecule has 1 aromatic heterocycles. The van der Waals surface area contributed by atoms with Crippen LogP contribution in [0, 0.1) is 6.92 Å². The van der Waals surface area contributed by atoms with Crippen LogP contribution in [-0.4, -0.2) is 40.8 Å². The maximum Gasteiger partial charge on any atom is 0.263 e. The van der Waals surface area contributed by atoms with Crippen LogP contribution in [0.25, 0.3) is 0 Å². The molecule has 0 saturated heterocycles. The van der Waals surface area contributed by atoms with Gasteiger partial charge in [0.2, 0.25) is 0 Å². The molecular formula is C16H20N2O5S3. The van der Waals surface area contributed by atoms with Crippen molar-refractivity contribution in [1.82, 2.24) is 5.32 Å². The second kappa shape index (κ2) is 8.19. The zero-order valence-electron chi connectivity index (χ0n) is 14.4. The van der Waals surface area contributed by atoms with Gasteiger partial charge >= 0.3 is 0 Å². The van der Waals surface area contributed by atoms with Gasteiger partial charge in [-0.1, -0.05) is 24.6 Å². The van der Waals surface area contributed by atoms with Gasteiger partial charge in [0.25, 0.3) is 15.9 Å². The minimum absolute atomic E-state index is 0.0119. The quantitative estimate of drug-likeness (QED) is 0.684. The minimum atomic E-state index is -3.94. The fraction of sp³-hybridized carbons (Fsp3) is 0.312. The number of carbonyl (C=O) groups excluding carboxylic acids is 1. The van der Waals surface area contributed by atoms with Crippen molar-refractivity contribution in [2.24, 2.45) is 0 Å². The van der Waals surface area contributed by atoms with Crippen LogP contribution in [0.4, 0.5) is 5.69 Å². The highest BCUT2D eigenvalue weighted by Crippen LogP contribution is 2.24. The molecule has 0 aliphatic heterocycles. The van der Waals surface area contributed by atoms with Crippen LogP contribution in [0.2, 0.25) is 0 Å². The summed E-state index contributed by atoms with van der Waals surface area (Å²) in [6.07, 6.45) is 0. The summed E-state index contributed by atoms with van der Waals surface area (Å²) in [6.45, 7) is 3.34. The average Bonchev–Trinajstić information content (AvgIpc) is 3.07. The van der Waals surface area contributed by atoms with Gasteiger partial charge < -0.3 is 5.32 Å². The fourth-order valence-corrected chi connectivity index (χ4v) is 5.16. The van der Waals surface area contributed by atoms with Gasteiger partial charge in [0.05, 0.1) is 5.75 Å². The van der Waals surface area contributed by atoms with E-state index in [1.54, 1.807) is 24.3 Å². The summed E-state index contributed by atoms with van der Waals surface area (Å²) in [4.78, 5) is 12.1. The highest BCUT2D eigenvalue weighted by Gasteiger charge is 2.24. The molecule has 2 N–H and O–H groups in total. The number of anilines is 1. The van der Waals surface area contributed by atoms with E-state index >= 15 is 0 Å². The predicted octanol–water partition coefficient (Wildman–Crippen LogP) is 2.02. The Labute approximate surface area is 157 Å². The molecule has 0 aliphatic carbocycles. The van der Waals surface area contributed by atoms with Gasteiger partial charge in [0.15, 0.2) is 9.84 Å². The molecule has 0 radical (unpaired) electrons. The van der Waals surface area contributed by atoms with Crippen LogP contribution in [0.15, 0.2) is 40.6 Å². The molecule has 0 aliphatic rings. The molecule has 0 bridgehead atoms. The summed E-state index contributed by atoms with van der Waals surface area (Å²) < 4.78 is 50.5. The van der Waals surface area contributed by atoms with E-state index in [2.05, 4.69) is 10.0 Å². The Morgan fingerprint density at radius 1 is 1.08 bits per heavy atom. The highest BCUT2D eigenvalue weighted by molar-refractivity contribution is 7.93. The van der Waals surface area contributed by atoms with Gasteiger partial charge in [-0.05, 0) is 30.5 Å². The largest absolute Gasteiger partial charge is 0.350 e. The third kappa shape index (κ3) is 5.29. The van der Waals surface area contributed by atoms with Crippen molar-refractivity contribution in [3.63, 3.8) is 0 Å². The molecule has 0 fully saturated rings. The van der Waals surface area contributed by atoms with Crippen LogP contribution in [0.3, 0.4) is 0 Å². The summed E-state index contributed by atoms with van der Waals surface area (Å²) in [6, 6.07) is 8.16. The molecule has 2 aromatic rings. The van der Waals surface area contributed by atoms with E-state index in [1.807, 2.05) is 6.92 Å². The average molecular weight is 417 g/mol. The minimum Gasteiger partial charge on any atom is -0.350 e. The highest BCUT2D eigenvalue weighted by atomic mass is 32.2. The fourth-order valence-electron chi connectivity index (χ4n) is 2.05. The van der Waals surface area contributed by atoms with Crippen molar-refractivity contribution in [2.75, 3.05) is 22.8 Å². The van der Waals surface area contributed by atoms with E-state index in [4.69, 9.17) is 0 Å². The number of hydrogen-bond donors (Lipinski definition) is 2. The lowest BCUT2D eigenvalue weighted by Gasteiger charge is -2.09. The number of sulfone groups is 1. The molecule has 142 valence electrons. The second-order valence-corrected chi connectivity index (χ2v) is 10.6. The summed E-state index contributed by atoms with van der Waals surface area (Å²) in [5.41, 5.74) is 1.38. The lowest BCUT2D eigenvalue weighted by atomic mass is 10.2. The smallest absolute Gasteiger partial charge is 0.263 e. The van der Waals surface area contributed by atoms with E-state index in [9.17, 15) is 21.6 Å². The third-order valence-corrected chi connectivity index (χ3v) is 7.74. The molecule has 10 heteroatoms. The Bertz CT molecular complexity index is 977. The molecule has 7 nitrogen and oxygen atoms in total. The Hall–Kier alpha value is -1.91. The van der Waals surface area contributed by atoms with E-state index in [0.29, 0.717) is 5.69 Å². The molecule has 1 aromatic carbocycles. The van der Waals surface area contributed by atoms with Crippen LogP contribution >= 0.6 is 11.3 Å². The maximum atomic E-state index is 12.6. The van der Waals surface area contributed by atoms with Gasteiger partial charge in [-0.15, -0.1) is 11.3 Å². The van der Waals surface area contributed by atoms with Crippen molar-refractivity contribution in [3.8, 4) is 0 Å². The molecule has 0 atom stereocenters. The summed E-state index contributed by atoms with van der Waals surface area (Å²) in [5.74, 6) is -0.817. The molecule has 0 spiro atoms. The zero-order valence-corrected chi connectivity index (χ0v) is 16.8. The first-order chi connectivity index (χ1) is 12.1. The third-order valence-electron chi connectivity index (χ3n) is 3.57. The molecule has 1 heterocycles. The van der Waals surface area contributed by atoms with Crippen LogP contribution in [0.1, 0.15) is 22.2 Å². The number of amides is 1. The molecule has 1 amide bonds. The van der Waals surface area contributed by atoms with Crippen LogP contribution < -0.4 is 10.0 Å². The Morgan fingerprint density at radius 3 is 2.35 bits per heavy atom. The molecule has 2 rings (SSSR count). The number of benzene rings is 1. The van der Waals surface area contributed by atoms with Gasteiger partial charge in [-0.2, -0.15) is 0 Å². The van der Waals surface area contributed by atoms with Gasteiger partial charge in [0.1, 0.15) is 9.77 Å². The number of nitrogens with one attached hydrogen (secondary N) is 2. The Morgan fingerprint density at radius 2 is 1.73 bits per heavy atom. The first-order valence-electron chi connectivity index (χ1n) is 7.80. The van der Waals surface area contributed by atoms with Gasteiger partial charge in [0, 0.05) is 18.0 Å². The predicted molar refractivity (Wildman–Crippen MR) is 103 cm³/mol. The van der Waals surface area contributed by atoms with Crippen LogP contribution in [-0.2, 0) is 19.9 Å². The van der Waals surface area contributed by atoms with Gasteiger partial charge in [-0.3, -0.25) is 9.52 Å². The molecule has 0 unspecified atom stereocenters. The monoisotopic (exact) mass is 416 g/mol. The molecular weight excluding hydrogens is 396 g/mol. The number of carbonyl (C=O) groups is 1.